The number of rotatable bonds is 7. The molecule has 0 bridgehead atoms. The zero-order valence-corrected chi connectivity index (χ0v) is 10.6. The maximum Gasteiger partial charge on any atom is 0.165 e. The molecular weight excluding hydrogens is 236 g/mol. The van der Waals surface area contributed by atoms with Crippen molar-refractivity contribution in [2.75, 3.05) is 13.3 Å². The summed E-state index contributed by atoms with van der Waals surface area (Å²) < 4.78 is 30.7. The Hall–Kier alpha value is -1.16. The molecule has 0 saturated heterocycles. The molecule has 18 heavy (non-hydrogen) atoms. The molecule has 1 atom stereocenters. The monoisotopic (exact) mass is 255 g/mol. The van der Waals surface area contributed by atoms with Gasteiger partial charge < -0.3 is 10.1 Å². The second kappa shape index (κ2) is 6.14. The van der Waals surface area contributed by atoms with E-state index in [1.54, 1.807) is 12.1 Å². The number of ether oxygens (including phenoxy) is 1. The first kappa shape index (κ1) is 13.3. The lowest BCUT2D eigenvalue weighted by Crippen LogP contribution is -2.20. The number of hydrogen-bond donors (Lipinski definition) is 1. The fourth-order valence-electron chi connectivity index (χ4n) is 1.84. The summed E-state index contributed by atoms with van der Waals surface area (Å²) in [5, 5.41) is 3.45. The van der Waals surface area contributed by atoms with Gasteiger partial charge in [-0.1, -0.05) is 6.07 Å². The standard InChI is InChI=1S/C14H19F2NO/c1-10(17-12-4-5-12)11-3-6-13(16)14(9-11)18-8-2-7-15/h3,6,9-10,12,17H,2,4-5,7-8H2,1H3. The van der Waals surface area contributed by atoms with Crippen molar-refractivity contribution in [2.24, 2.45) is 0 Å². The molecule has 0 radical (unpaired) electrons. The van der Waals surface area contributed by atoms with Crippen LogP contribution in [0.4, 0.5) is 8.78 Å². The smallest absolute Gasteiger partial charge is 0.165 e. The van der Waals surface area contributed by atoms with Crippen molar-refractivity contribution in [3.05, 3.63) is 29.6 Å². The van der Waals surface area contributed by atoms with E-state index >= 15 is 0 Å². The van der Waals surface area contributed by atoms with Crippen LogP contribution in [0.1, 0.15) is 37.8 Å². The highest BCUT2D eigenvalue weighted by Gasteiger charge is 2.23. The predicted molar refractivity (Wildman–Crippen MR) is 67.1 cm³/mol. The molecule has 0 aromatic heterocycles. The van der Waals surface area contributed by atoms with Crippen LogP contribution in [0, 0.1) is 5.82 Å². The van der Waals surface area contributed by atoms with Gasteiger partial charge in [0.15, 0.2) is 11.6 Å². The topological polar surface area (TPSA) is 21.3 Å². The van der Waals surface area contributed by atoms with E-state index in [1.807, 2.05) is 0 Å². The van der Waals surface area contributed by atoms with Crippen molar-refractivity contribution in [3.63, 3.8) is 0 Å². The van der Waals surface area contributed by atoms with Gasteiger partial charge in [0.05, 0.1) is 13.3 Å². The molecule has 1 N–H and O–H groups in total. The molecule has 4 heteroatoms. The first-order valence-electron chi connectivity index (χ1n) is 6.45. The summed E-state index contributed by atoms with van der Waals surface area (Å²) in [6.45, 7) is 1.82. The highest BCUT2D eigenvalue weighted by molar-refractivity contribution is 5.32. The van der Waals surface area contributed by atoms with Crippen LogP contribution in [0.3, 0.4) is 0 Å². The summed E-state index contributed by atoms with van der Waals surface area (Å²) in [4.78, 5) is 0. The Kier molecular flexibility index (Phi) is 4.53. The Balaban J connectivity index is 1.99. The minimum Gasteiger partial charge on any atom is -0.490 e. The lowest BCUT2D eigenvalue weighted by atomic mass is 10.1. The Morgan fingerprint density at radius 1 is 1.44 bits per heavy atom. The number of nitrogens with one attached hydrogen (secondary N) is 1. The zero-order valence-electron chi connectivity index (χ0n) is 10.6. The van der Waals surface area contributed by atoms with Crippen LogP contribution in [-0.4, -0.2) is 19.3 Å². The van der Waals surface area contributed by atoms with E-state index in [0.29, 0.717) is 12.5 Å². The summed E-state index contributed by atoms with van der Waals surface area (Å²) in [6.07, 6.45) is 2.72. The van der Waals surface area contributed by atoms with Crippen LogP contribution in [0.2, 0.25) is 0 Å². The predicted octanol–water partition coefficient (Wildman–Crippen LogP) is 3.38. The van der Waals surface area contributed by atoms with E-state index in [9.17, 15) is 8.78 Å². The molecule has 1 aromatic carbocycles. The van der Waals surface area contributed by atoms with Gasteiger partial charge in [0, 0.05) is 18.5 Å². The maximum absolute atomic E-state index is 13.5. The number of hydrogen-bond acceptors (Lipinski definition) is 2. The van der Waals surface area contributed by atoms with Gasteiger partial charge in [0.25, 0.3) is 0 Å². The largest absolute Gasteiger partial charge is 0.490 e. The zero-order chi connectivity index (χ0) is 13.0. The summed E-state index contributed by atoms with van der Waals surface area (Å²) >= 11 is 0. The van der Waals surface area contributed by atoms with Crippen molar-refractivity contribution < 1.29 is 13.5 Å². The third-order valence-corrected chi connectivity index (χ3v) is 3.05. The molecule has 2 nitrogen and oxygen atoms in total. The van der Waals surface area contributed by atoms with Gasteiger partial charge >= 0.3 is 0 Å². The van der Waals surface area contributed by atoms with Crippen molar-refractivity contribution >= 4 is 0 Å². The lowest BCUT2D eigenvalue weighted by molar-refractivity contribution is 0.277. The van der Waals surface area contributed by atoms with Crippen LogP contribution in [0.15, 0.2) is 18.2 Å². The third kappa shape index (κ3) is 3.67. The Morgan fingerprint density at radius 2 is 2.22 bits per heavy atom. The van der Waals surface area contributed by atoms with E-state index in [2.05, 4.69) is 12.2 Å². The molecule has 0 heterocycles. The summed E-state index contributed by atoms with van der Waals surface area (Å²) in [5.74, 6) is -0.179. The molecule has 1 aliphatic carbocycles. The normalized spacial score (nSPS) is 16.6. The average Bonchev–Trinajstić information content (AvgIpc) is 3.15. The van der Waals surface area contributed by atoms with Crippen LogP contribution in [-0.2, 0) is 0 Å². The van der Waals surface area contributed by atoms with E-state index in [4.69, 9.17) is 4.74 Å². The van der Waals surface area contributed by atoms with Crippen LogP contribution < -0.4 is 10.1 Å². The van der Waals surface area contributed by atoms with Gasteiger partial charge in [-0.15, -0.1) is 0 Å². The molecule has 0 amide bonds. The highest BCUT2D eigenvalue weighted by Crippen LogP contribution is 2.27. The fraction of sp³-hybridized carbons (Fsp3) is 0.571. The van der Waals surface area contributed by atoms with Gasteiger partial charge in [0.2, 0.25) is 0 Å². The highest BCUT2D eigenvalue weighted by atomic mass is 19.1. The van der Waals surface area contributed by atoms with E-state index in [0.717, 1.165) is 5.56 Å². The SMILES string of the molecule is CC(NC1CC1)c1ccc(F)c(OCCCF)c1. The van der Waals surface area contributed by atoms with Gasteiger partial charge in [-0.05, 0) is 37.5 Å². The van der Waals surface area contributed by atoms with Crippen molar-refractivity contribution in [1.82, 2.24) is 5.32 Å². The van der Waals surface area contributed by atoms with Crippen molar-refractivity contribution in [3.8, 4) is 5.75 Å². The second-order valence-electron chi connectivity index (χ2n) is 4.74. The number of halogens is 2. The second-order valence-corrected chi connectivity index (χ2v) is 4.74. The van der Waals surface area contributed by atoms with E-state index in [-0.39, 0.29) is 18.4 Å². The summed E-state index contributed by atoms with van der Waals surface area (Å²) in [6, 6.07) is 5.65. The van der Waals surface area contributed by atoms with Gasteiger partial charge in [0.1, 0.15) is 0 Å². The minimum atomic E-state index is -0.444. The molecule has 1 fully saturated rings. The number of alkyl halides is 1. The maximum atomic E-state index is 13.5. The Morgan fingerprint density at radius 3 is 2.89 bits per heavy atom. The molecular formula is C14H19F2NO. The van der Waals surface area contributed by atoms with Gasteiger partial charge in [-0.25, -0.2) is 4.39 Å². The molecule has 1 aliphatic rings. The fourth-order valence-corrected chi connectivity index (χ4v) is 1.84. The van der Waals surface area contributed by atoms with Crippen LogP contribution in [0.5, 0.6) is 5.75 Å². The Labute approximate surface area is 106 Å². The number of benzene rings is 1. The summed E-state index contributed by atoms with van der Waals surface area (Å²) in [7, 11) is 0. The van der Waals surface area contributed by atoms with Crippen molar-refractivity contribution in [1.29, 1.82) is 0 Å². The first-order valence-corrected chi connectivity index (χ1v) is 6.45. The molecule has 0 aliphatic heterocycles. The lowest BCUT2D eigenvalue weighted by Gasteiger charge is -2.15. The quantitative estimate of drug-likeness (QED) is 0.754. The molecule has 2 rings (SSSR count). The molecule has 100 valence electrons. The van der Waals surface area contributed by atoms with Crippen LogP contribution >= 0.6 is 0 Å². The van der Waals surface area contributed by atoms with Crippen molar-refractivity contribution in [2.45, 2.75) is 38.3 Å². The minimum absolute atomic E-state index is 0.182. The Bertz CT molecular complexity index is 393. The molecule has 0 spiro atoms. The molecule has 1 unspecified atom stereocenters. The molecule has 1 saturated carbocycles. The summed E-state index contributed by atoms with van der Waals surface area (Å²) in [5.41, 5.74) is 0.999. The van der Waals surface area contributed by atoms with E-state index < -0.39 is 12.5 Å². The molecule has 1 aromatic rings. The first-order chi connectivity index (χ1) is 8.70. The third-order valence-electron chi connectivity index (χ3n) is 3.05. The average molecular weight is 255 g/mol. The van der Waals surface area contributed by atoms with Crippen LogP contribution in [0.25, 0.3) is 0 Å². The van der Waals surface area contributed by atoms with Gasteiger partial charge in [-0.3, -0.25) is 4.39 Å². The van der Waals surface area contributed by atoms with E-state index in [1.165, 1.54) is 18.9 Å². The van der Waals surface area contributed by atoms with Gasteiger partial charge in [-0.2, -0.15) is 0 Å².